The number of carboxylic acids is 1. The van der Waals surface area contributed by atoms with Gasteiger partial charge in [-0.2, -0.15) is 0 Å². The molecule has 0 bridgehead atoms. The van der Waals surface area contributed by atoms with Crippen LogP contribution in [0, 0.1) is 0 Å². The summed E-state index contributed by atoms with van der Waals surface area (Å²) in [6.07, 6.45) is 3.37. The van der Waals surface area contributed by atoms with Crippen molar-refractivity contribution in [3.8, 4) is 11.1 Å². The van der Waals surface area contributed by atoms with Gasteiger partial charge < -0.3 is 10.0 Å². The Morgan fingerprint density at radius 1 is 0.739 bits per heavy atom. The Labute approximate surface area is 135 Å². The topological polar surface area (TPSA) is 57.6 Å². The van der Waals surface area contributed by atoms with Gasteiger partial charge in [-0.05, 0) is 54.7 Å². The summed E-state index contributed by atoms with van der Waals surface area (Å²) >= 11 is 0. The number of carbonyl (C=O) groups excluding carboxylic acids is 1. The van der Waals surface area contributed by atoms with Crippen molar-refractivity contribution >= 4 is 11.9 Å². The highest BCUT2D eigenvalue weighted by molar-refractivity contribution is 5.95. The van der Waals surface area contributed by atoms with Crippen LogP contribution in [0.2, 0.25) is 0 Å². The van der Waals surface area contributed by atoms with Crippen molar-refractivity contribution in [2.45, 2.75) is 19.3 Å². The molecule has 4 nitrogen and oxygen atoms in total. The van der Waals surface area contributed by atoms with E-state index in [-0.39, 0.29) is 11.5 Å². The molecule has 23 heavy (non-hydrogen) atoms. The molecular weight excluding hydrogens is 290 g/mol. The van der Waals surface area contributed by atoms with E-state index in [0.717, 1.165) is 37.1 Å². The highest BCUT2D eigenvalue weighted by Crippen LogP contribution is 2.21. The fourth-order valence-corrected chi connectivity index (χ4v) is 2.89. The van der Waals surface area contributed by atoms with Crippen LogP contribution in [0.4, 0.5) is 0 Å². The third-order valence-corrected chi connectivity index (χ3v) is 4.24. The Balaban J connectivity index is 1.76. The lowest BCUT2D eigenvalue weighted by Crippen LogP contribution is -2.35. The van der Waals surface area contributed by atoms with E-state index in [1.54, 1.807) is 24.3 Å². The van der Waals surface area contributed by atoms with E-state index >= 15 is 0 Å². The lowest BCUT2D eigenvalue weighted by atomic mass is 10.0. The second-order valence-corrected chi connectivity index (χ2v) is 5.81. The number of carboxylic acid groups (broad SMARTS) is 1. The maximum Gasteiger partial charge on any atom is 0.335 e. The predicted molar refractivity (Wildman–Crippen MR) is 88.6 cm³/mol. The van der Waals surface area contributed by atoms with Crippen LogP contribution in [-0.4, -0.2) is 35.0 Å². The number of hydrogen-bond acceptors (Lipinski definition) is 2. The summed E-state index contributed by atoms with van der Waals surface area (Å²) < 4.78 is 0. The Morgan fingerprint density at radius 3 is 1.70 bits per heavy atom. The molecule has 0 atom stereocenters. The summed E-state index contributed by atoms with van der Waals surface area (Å²) in [5, 5.41) is 8.93. The van der Waals surface area contributed by atoms with Crippen molar-refractivity contribution in [1.29, 1.82) is 0 Å². The van der Waals surface area contributed by atoms with Crippen LogP contribution >= 0.6 is 0 Å². The van der Waals surface area contributed by atoms with Gasteiger partial charge in [-0.3, -0.25) is 4.79 Å². The van der Waals surface area contributed by atoms with Crippen molar-refractivity contribution < 1.29 is 14.7 Å². The zero-order valence-electron chi connectivity index (χ0n) is 12.9. The molecule has 0 radical (unpaired) electrons. The van der Waals surface area contributed by atoms with Crippen LogP contribution < -0.4 is 0 Å². The number of aromatic carboxylic acids is 1. The van der Waals surface area contributed by atoms with Crippen LogP contribution in [0.15, 0.2) is 48.5 Å². The fraction of sp³-hybridized carbons (Fsp3) is 0.263. The molecule has 0 unspecified atom stereocenters. The van der Waals surface area contributed by atoms with Crippen molar-refractivity contribution in [1.82, 2.24) is 4.90 Å². The number of amides is 1. The van der Waals surface area contributed by atoms with E-state index in [1.807, 2.05) is 29.2 Å². The molecular formula is C19H19NO3. The molecule has 0 aliphatic carbocycles. The molecule has 1 N–H and O–H groups in total. The first kappa shape index (κ1) is 15.3. The van der Waals surface area contributed by atoms with Crippen LogP contribution in [-0.2, 0) is 0 Å². The molecule has 2 aromatic carbocycles. The van der Waals surface area contributed by atoms with Gasteiger partial charge in [0.05, 0.1) is 5.56 Å². The molecule has 1 aliphatic rings. The lowest BCUT2D eigenvalue weighted by molar-refractivity contribution is 0.0694. The van der Waals surface area contributed by atoms with Crippen molar-refractivity contribution in [3.63, 3.8) is 0 Å². The van der Waals surface area contributed by atoms with Gasteiger partial charge in [0.2, 0.25) is 0 Å². The first-order valence-electron chi connectivity index (χ1n) is 7.88. The third-order valence-electron chi connectivity index (χ3n) is 4.24. The first-order chi connectivity index (χ1) is 11.1. The average Bonchev–Trinajstić information content (AvgIpc) is 2.62. The Hall–Kier alpha value is -2.62. The summed E-state index contributed by atoms with van der Waals surface area (Å²) in [6, 6.07) is 14.2. The van der Waals surface area contributed by atoms with Crippen LogP contribution in [0.25, 0.3) is 11.1 Å². The van der Waals surface area contributed by atoms with E-state index in [2.05, 4.69) is 0 Å². The largest absolute Gasteiger partial charge is 0.478 e. The summed E-state index contributed by atoms with van der Waals surface area (Å²) in [5.41, 5.74) is 2.88. The van der Waals surface area contributed by atoms with Crippen LogP contribution in [0.5, 0.6) is 0 Å². The van der Waals surface area contributed by atoms with Crippen molar-refractivity contribution in [2.24, 2.45) is 0 Å². The van der Waals surface area contributed by atoms with Gasteiger partial charge in [0, 0.05) is 18.7 Å². The molecule has 0 aromatic heterocycles. The fourth-order valence-electron chi connectivity index (χ4n) is 2.89. The molecule has 2 aromatic rings. The number of nitrogens with zero attached hydrogens (tertiary/aromatic N) is 1. The molecule has 4 heteroatoms. The molecule has 1 saturated heterocycles. The molecule has 0 spiro atoms. The van der Waals surface area contributed by atoms with Gasteiger partial charge in [-0.1, -0.05) is 24.3 Å². The number of carbonyl (C=O) groups is 2. The molecule has 1 heterocycles. The minimum Gasteiger partial charge on any atom is -0.478 e. The molecule has 1 amide bonds. The molecule has 0 saturated carbocycles. The molecule has 1 aliphatic heterocycles. The molecule has 118 valence electrons. The monoisotopic (exact) mass is 309 g/mol. The lowest BCUT2D eigenvalue weighted by Gasteiger charge is -2.26. The third kappa shape index (κ3) is 3.42. The Morgan fingerprint density at radius 2 is 1.22 bits per heavy atom. The van der Waals surface area contributed by atoms with E-state index in [0.29, 0.717) is 5.56 Å². The van der Waals surface area contributed by atoms with Crippen molar-refractivity contribution in [2.75, 3.05) is 13.1 Å². The summed E-state index contributed by atoms with van der Waals surface area (Å²) in [5.74, 6) is -0.837. The van der Waals surface area contributed by atoms with Crippen LogP contribution in [0.3, 0.4) is 0 Å². The summed E-state index contributed by atoms with van der Waals surface area (Å²) in [6.45, 7) is 1.69. The van der Waals surface area contributed by atoms with E-state index in [1.165, 1.54) is 6.42 Å². The minimum atomic E-state index is -0.931. The van der Waals surface area contributed by atoms with Gasteiger partial charge in [0.25, 0.3) is 5.91 Å². The summed E-state index contributed by atoms with van der Waals surface area (Å²) in [7, 11) is 0. The van der Waals surface area contributed by atoms with Crippen LogP contribution in [0.1, 0.15) is 40.0 Å². The van der Waals surface area contributed by atoms with Gasteiger partial charge in [-0.15, -0.1) is 0 Å². The number of piperidine rings is 1. The van der Waals surface area contributed by atoms with Gasteiger partial charge in [-0.25, -0.2) is 4.79 Å². The van der Waals surface area contributed by atoms with E-state index in [9.17, 15) is 9.59 Å². The number of rotatable bonds is 3. The number of likely N-dealkylation sites (tertiary alicyclic amines) is 1. The number of hydrogen-bond donors (Lipinski definition) is 1. The number of benzene rings is 2. The quantitative estimate of drug-likeness (QED) is 0.941. The minimum absolute atomic E-state index is 0.0949. The Bertz CT molecular complexity index is 698. The first-order valence-corrected chi connectivity index (χ1v) is 7.88. The SMILES string of the molecule is O=C(O)c1ccc(-c2ccc(C(=O)N3CCCCC3)cc2)cc1. The average molecular weight is 309 g/mol. The highest BCUT2D eigenvalue weighted by atomic mass is 16.4. The molecule has 3 rings (SSSR count). The van der Waals surface area contributed by atoms with Gasteiger partial charge in [0.1, 0.15) is 0 Å². The molecule has 1 fully saturated rings. The predicted octanol–water partition coefficient (Wildman–Crippen LogP) is 3.68. The maximum absolute atomic E-state index is 12.4. The van der Waals surface area contributed by atoms with Crippen molar-refractivity contribution in [3.05, 3.63) is 59.7 Å². The second kappa shape index (κ2) is 6.65. The van der Waals surface area contributed by atoms with E-state index < -0.39 is 5.97 Å². The second-order valence-electron chi connectivity index (χ2n) is 5.81. The van der Waals surface area contributed by atoms with Gasteiger partial charge >= 0.3 is 5.97 Å². The standard InChI is InChI=1S/C19H19NO3/c21-18(20-12-2-1-3-13-20)16-8-4-14(5-9-16)15-6-10-17(11-7-15)19(22)23/h4-11H,1-3,12-13H2,(H,22,23). The zero-order valence-corrected chi connectivity index (χ0v) is 12.9. The maximum atomic E-state index is 12.4. The summed E-state index contributed by atoms with van der Waals surface area (Å²) in [4.78, 5) is 25.2. The Kier molecular flexibility index (Phi) is 4.42. The zero-order chi connectivity index (χ0) is 16.2. The van der Waals surface area contributed by atoms with E-state index in [4.69, 9.17) is 5.11 Å². The highest BCUT2D eigenvalue weighted by Gasteiger charge is 2.17. The smallest absolute Gasteiger partial charge is 0.335 e. The normalized spacial score (nSPS) is 14.5. The van der Waals surface area contributed by atoms with Gasteiger partial charge in [0.15, 0.2) is 0 Å².